The fourth-order valence-corrected chi connectivity index (χ4v) is 2.41. The summed E-state index contributed by atoms with van der Waals surface area (Å²) in [7, 11) is 1.94. The Bertz CT molecular complexity index is 366. The molecule has 0 aliphatic rings. The van der Waals surface area contributed by atoms with Crippen molar-refractivity contribution in [1.82, 2.24) is 10.2 Å². The monoisotopic (exact) mass is 266 g/mol. The number of benzene rings is 1. The third-order valence-corrected chi connectivity index (χ3v) is 3.40. The molecule has 0 amide bonds. The van der Waals surface area contributed by atoms with Crippen LogP contribution in [0, 0.1) is 11.7 Å². The molecule has 1 rings (SSSR count). The van der Waals surface area contributed by atoms with Crippen molar-refractivity contribution in [2.45, 2.75) is 33.2 Å². The summed E-state index contributed by atoms with van der Waals surface area (Å²) < 4.78 is 13.3. The van der Waals surface area contributed by atoms with Gasteiger partial charge in [0.05, 0.1) is 0 Å². The Morgan fingerprint density at radius 1 is 1.32 bits per heavy atom. The highest BCUT2D eigenvalue weighted by Gasteiger charge is 2.12. The van der Waals surface area contributed by atoms with Crippen molar-refractivity contribution in [3.8, 4) is 0 Å². The van der Waals surface area contributed by atoms with Crippen molar-refractivity contribution in [2.75, 3.05) is 26.7 Å². The van der Waals surface area contributed by atoms with E-state index in [1.807, 2.05) is 13.1 Å². The van der Waals surface area contributed by atoms with E-state index in [1.165, 1.54) is 6.07 Å². The summed E-state index contributed by atoms with van der Waals surface area (Å²) in [6, 6.07) is 7.11. The summed E-state index contributed by atoms with van der Waals surface area (Å²) in [5, 5.41) is 3.29. The van der Waals surface area contributed by atoms with Crippen LogP contribution in [0.4, 0.5) is 4.39 Å². The molecule has 0 spiro atoms. The number of nitrogens with one attached hydrogen (secondary N) is 1. The average Bonchev–Trinajstić information content (AvgIpc) is 2.37. The molecular weight excluding hydrogens is 239 g/mol. The molecule has 3 heteroatoms. The van der Waals surface area contributed by atoms with E-state index in [0.29, 0.717) is 5.92 Å². The first-order valence-corrected chi connectivity index (χ1v) is 7.21. The first-order valence-electron chi connectivity index (χ1n) is 7.21. The van der Waals surface area contributed by atoms with E-state index in [9.17, 15) is 4.39 Å². The maximum Gasteiger partial charge on any atom is 0.123 e. The molecule has 1 aromatic carbocycles. The van der Waals surface area contributed by atoms with Crippen molar-refractivity contribution in [3.05, 3.63) is 35.6 Å². The lowest BCUT2D eigenvalue weighted by molar-refractivity contribution is 0.243. The Hall–Kier alpha value is -0.930. The summed E-state index contributed by atoms with van der Waals surface area (Å²) >= 11 is 0. The molecule has 1 unspecified atom stereocenters. The quantitative estimate of drug-likeness (QED) is 0.775. The summed E-state index contributed by atoms with van der Waals surface area (Å²) in [6.45, 7) is 9.90. The maximum atomic E-state index is 13.3. The molecule has 0 aromatic heterocycles. The van der Waals surface area contributed by atoms with E-state index in [-0.39, 0.29) is 11.9 Å². The summed E-state index contributed by atoms with van der Waals surface area (Å²) in [6.07, 6.45) is 1.00. The normalized spacial score (nSPS) is 13.2. The smallest absolute Gasteiger partial charge is 0.123 e. The van der Waals surface area contributed by atoms with E-state index in [2.05, 4.69) is 31.0 Å². The van der Waals surface area contributed by atoms with E-state index in [0.717, 1.165) is 31.6 Å². The van der Waals surface area contributed by atoms with E-state index in [1.54, 1.807) is 12.1 Å². The SMILES string of the molecule is CCN(CCC(NC)c1cccc(F)c1)CC(C)C. The Labute approximate surface area is 117 Å². The first-order chi connectivity index (χ1) is 9.06. The Balaban J connectivity index is 2.57. The van der Waals surface area contributed by atoms with Gasteiger partial charge in [0.1, 0.15) is 5.82 Å². The second-order valence-corrected chi connectivity index (χ2v) is 5.47. The summed E-state index contributed by atoms with van der Waals surface area (Å²) in [5.41, 5.74) is 1.03. The van der Waals surface area contributed by atoms with Crippen LogP contribution in [0.25, 0.3) is 0 Å². The second kappa shape index (κ2) is 8.28. The molecule has 0 saturated carbocycles. The molecule has 0 aliphatic heterocycles. The molecular formula is C16H27FN2. The van der Waals surface area contributed by atoms with Crippen LogP contribution in [0.1, 0.15) is 38.8 Å². The van der Waals surface area contributed by atoms with Crippen molar-refractivity contribution < 1.29 is 4.39 Å². The molecule has 0 bridgehead atoms. The molecule has 2 nitrogen and oxygen atoms in total. The van der Waals surface area contributed by atoms with Gasteiger partial charge in [0.2, 0.25) is 0 Å². The van der Waals surface area contributed by atoms with Crippen molar-refractivity contribution >= 4 is 0 Å². The number of hydrogen-bond acceptors (Lipinski definition) is 2. The van der Waals surface area contributed by atoms with Gasteiger partial charge in [0.15, 0.2) is 0 Å². The van der Waals surface area contributed by atoms with E-state index >= 15 is 0 Å². The predicted octanol–water partition coefficient (Wildman–Crippen LogP) is 3.45. The molecule has 19 heavy (non-hydrogen) atoms. The van der Waals surface area contributed by atoms with Gasteiger partial charge in [-0.25, -0.2) is 4.39 Å². The number of hydrogen-bond donors (Lipinski definition) is 1. The van der Waals surface area contributed by atoms with Crippen molar-refractivity contribution in [1.29, 1.82) is 0 Å². The Morgan fingerprint density at radius 3 is 2.58 bits per heavy atom. The highest BCUT2D eigenvalue weighted by Crippen LogP contribution is 2.18. The third-order valence-electron chi connectivity index (χ3n) is 3.40. The molecule has 108 valence electrons. The zero-order valence-electron chi connectivity index (χ0n) is 12.6. The molecule has 0 aliphatic carbocycles. The Kier molecular flexibility index (Phi) is 7.03. The van der Waals surface area contributed by atoms with E-state index < -0.39 is 0 Å². The van der Waals surface area contributed by atoms with Crippen LogP contribution in [-0.4, -0.2) is 31.6 Å². The van der Waals surface area contributed by atoms with Crippen LogP contribution in [0.3, 0.4) is 0 Å². The van der Waals surface area contributed by atoms with Crippen LogP contribution < -0.4 is 5.32 Å². The predicted molar refractivity (Wildman–Crippen MR) is 79.8 cm³/mol. The molecule has 1 aromatic rings. The van der Waals surface area contributed by atoms with Gasteiger partial charge in [-0.1, -0.05) is 32.9 Å². The molecule has 0 saturated heterocycles. The third kappa shape index (κ3) is 5.70. The van der Waals surface area contributed by atoms with Crippen LogP contribution in [-0.2, 0) is 0 Å². The molecule has 0 radical (unpaired) electrons. The van der Waals surface area contributed by atoms with Crippen LogP contribution >= 0.6 is 0 Å². The first kappa shape index (κ1) is 16.1. The standard InChI is InChI=1S/C16H27FN2/c1-5-19(12-13(2)3)10-9-16(18-4)14-7-6-8-15(17)11-14/h6-8,11,13,16,18H,5,9-10,12H2,1-4H3. The minimum atomic E-state index is -0.160. The van der Waals surface area contributed by atoms with E-state index in [4.69, 9.17) is 0 Å². The van der Waals surface area contributed by atoms with Crippen LogP contribution in [0.2, 0.25) is 0 Å². The lowest BCUT2D eigenvalue weighted by Gasteiger charge is -2.25. The summed E-state index contributed by atoms with van der Waals surface area (Å²) in [5.74, 6) is 0.523. The Morgan fingerprint density at radius 2 is 2.05 bits per heavy atom. The number of nitrogens with zero attached hydrogens (tertiary/aromatic N) is 1. The van der Waals surface area contributed by atoms with Crippen molar-refractivity contribution in [2.24, 2.45) is 5.92 Å². The van der Waals surface area contributed by atoms with Gasteiger partial charge in [0, 0.05) is 12.6 Å². The zero-order valence-corrected chi connectivity index (χ0v) is 12.6. The molecule has 1 N–H and O–H groups in total. The number of halogens is 1. The van der Waals surface area contributed by atoms with Gasteiger partial charge >= 0.3 is 0 Å². The topological polar surface area (TPSA) is 15.3 Å². The van der Waals surface area contributed by atoms with Crippen molar-refractivity contribution in [3.63, 3.8) is 0 Å². The highest BCUT2D eigenvalue weighted by atomic mass is 19.1. The maximum absolute atomic E-state index is 13.3. The minimum Gasteiger partial charge on any atom is -0.313 e. The fourth-order valence-electron chi connectivity index (χ4n) is 2.41. The van der Waals surface area contributed by atoms with Gasteiger partial charge in [-0.05, 0) is 50.2 Å². The van der Waals surface area contributed by atoms with Gasteiger partial charge in [-0.15, -0.1) is 0 Å². The highest BCUT2D eigenvalue weighted by molar-refractivity contribution is 5.20. The largest absolute Gasteiger partial charge is 0.313 e. The molecule has 0 fully saturated rings. The zero-order chi connectivity index (χ0) is 14.3. The lowest BCUT2D eigenvalue weighted by Crippen LogP contribution is -2.31. The summed E-state index contributed by atoms with van der Waals surface area (Å²) in [4.78, 5) is 2.45. The minimum absolute atomic E-state index is 0.160. The van der Waals surface area contributed by atoms with Gasteiger partial charge in [-0.2, -0.15) is 0 Å². The molecule has 1 atom stereocenters. The van der Waals surface area contributed by atoms with Gasteiger partial charge < -0.3 is 10.2 Å². The average molecular weight is 266 g/mol. The van der Waals surface area contributed by atoms with Gasteiger partial charge in [0.25, 0.3) is 0 Å². The number of rotatable bonds is 8. The van der Waals surface area contributed by atoms with Crippen LogP contribution in [0.15, 0.2) is 24.3 Å². The fraction of sp³-hybridized carbons (Fsp3) is 0.625. The lowest BCUT2D eigenvalue weighted by atomic mass is 10.0. The van der Waals surface area contributed by atoms with Crippen LogP contribution in [0.5, 0.6) is 0 Å². The second-order valence-electron chi connectivity index (χ2n) is 5.47. The van der Waals surface area contributed by atoms with Gasteiger partial charge in [-0.3, -0.25) is 0 Å². The molecule has 0 heterocycles.